The van der Waals surface area contributed by atoms with Gasteiger partial charge in [-0.2, -0.15) is 13.2 Å². The van der Waals surface area contributed by atoms with Crippen LogP contribution in [0, 0.1) is 0 Å². The summed E-state index contributed by atoms with van der Waals surface area (Å²) in [7, 11) is 0. The topological polar surface area (TPSA) is 76.7 Å². The van der Waals surface area contributed by atoms with E-state index in [4.69, 9.17) is 9.47 Å². The molecule has 0 aromatic heterocycles. The molecule has 1 atom stereocenters. The van der Waals surface area contributed by atoms with Crippen LogP contribution in [-0.2, 0) is 15.8 Å². The number of alkyl halides is 3. The van der Waals surface area contributed by atoms with E-state index in [1.54, 1.807) is 18.2 Å². The number of rotatable bonds is 4. The smallest absolute Gasteiger partial charge is 0.419 e. The number of carbonyl (C=O) groups is 2. The van der Waals surface area contributed by atoms with E-state index in [1.165, 1.54) is 19.1 Å². The van der Waals surface area contributed by atoms with Crippen molar-refractivity contribution >= 4 is 23.2 Å². The number of carbonyl (C=O) groups excluding carboxylic acids is 2. The highest BCUT2D eigenvalue weighted by Crippen LogP contribution is 2.37. The van der Waals surface area contributed by atoms with E-state index in [0.717, 1.165) is 12.1 Å². The lowest BCUT2D eigenvalue weighted by atomic mass is 10.2. The number of para-hydroxylation sites is 2. The summed E-state index contributed by atoms with van der Waals surface area (Å²) in [6.45, 7) is 1.13. The van der Waals surface area contributed by atoms with Gasteiger partial charge in [-0.15, -0.1) is 0 Å². The standard InChI is InChI=1S/C18H15F3N2O4/c1-10(27-14-8-3-2-5-11(14)18(19,20)21)17(25)23-13-7-4-6-12-16(13)26-9-15(24)22-12/h2-8,10H,9H2,1H3,(H,22,24)(H,23,25). The first-order valence-corrected chi connectivity index (χ1v) is 7.95. The number of benzene rings is 2. The Labute approximate surface area is 152 Å². The molecule has 9 heteroatoms. The van der Waals surface area contributed by atoms with Gasteiger partial charge in [-0.3, -0.25) is 9.59 Å². The largest absolute Gasteiger partial charge is 0.480 e. The van der Waals surface area contributed by atoms with E-state index in [2.05, 4.69) is 10.6 Å². The molecule has 27 heavy (non-hydrogen) atoms. The highest BCUT2D eigenvalue weighted by Gasteiger charge is 2.35. The van der Waals surface area contributed by atoms with Gasteiger partial charge in [-0.25, -0.2) is 0 Å². The predicted octanol–water partition coefficient (Wildman–Crippen LogP) is 3.44. The van der Waals surface area contributed by atoms with Crippen molar-refractivity contribution in [3.05, 3.63) is 48.0 Å². The zero-order valence-corrected chi connectivity index (χ0v) is 14.1. The maximum atomic E-state index is 13.0. The van der Waals surface area contributed by atoms with Crippen molar-refractivity contribution in [2.45, 2.75) is 19.2 Å². The molecule has 2 amide bonds. The van der Waals surface area contributed by atoms with Crippen LogP contribution >= 0.6 is 0 Å². The molecule has 3 rings (SSSR count). The van der Waals surface area contributed by atoms with Gasteiger partial charge in [0.05, 0.1) is 16.9 Å². The zero-order valence-electron chi connectivity index (χ0n) is 14.1. The second-order valence-corrected chi connectivity index (χ2v) is 5.76. The molecule has 0 spiro atoms. The Morgan fingerprint density at radius 1 is 1.22 bits per heavy atom. The van der Waals surface area contributed by atoms with Crippen molar-refractivity contribution in [1.82, 2.24) is 0 Å². The molecule has 1 heterocycles. The molecule has 142 valence electrons. The van der Waals surface area contributed by atoms with Crippen molar-refractivity contribution in [3.8, 4) is 11.5 Å². The molecule has 6 nitrogen and oxygen atoms in total. The Bertz CT molecular complexity index is 883. The third-order valence-corrected chi connectivity index (χ3v) is 3.76. The number of fused-ring (bicyclic) bond motifs is 1. The molecule has 2 aromatic carbocycles. The third kappa shape index (κ3) is 4.13. The SMILES string of the molecule is CC(Oc1ccccc1C(F)(F)F)C(=O)Nc1cccc2c1OCC(=O)N2. The molecule has 0 aliphatic carbocycles. The van der Waals surface area contributed by atoms with Crippen LogP contribution in [0.15, 0.2) is 42.5 Å². The average molecular weight is 380 g/mol. The summed E-state index contributed by atoms with van der Waals surface area (Å²) >= 11 is 0. The Balaban J connectivity index is 1.75. The molecule has 0 bridgehead atoms. The van der Waals surface area contributed by atoms with Crippen molar-refractivity contribution < 1.29 is 32.2 Å². The molecule has 0 saturated carbocycles. The van der Waals surface area contributed by atoms with E-state index < -0.39 is 29.5 Å². The average Bonchev–Trinajstić information content (AvgIpc) is 2.61. The number of hydrogen-bond donors (Lipinski definition) is 2. The zero-order chi connectivity index (χ0) is 19.6. The lowest BCUT2D eigenvalue weighted by Gasteiger charge is -2.22. The quantitative estimate of drug-likeness (QED) is 0.852. The molecular formula is C18H15F3N2O4. The Hall–Kier alpha value is -3.23. The van der Waals surface area contributed by atoms with E-state index in [-0.39, 0.29) is 24.0 Å². The van der Waals surface area contributed by atoms with Gasteiger partial charge in [-0.1, -0.05) is 18.2 Å². The van der Waals surface area contributed by atoms with Crippen LogP contribution in [0.25, 0.3) is 0 Å². The minimum atomic E-state index is -4.60. The molecule has 2 aromatic rings. The monoisotopic (exact) mass is 380 g/mol. The van der Waals surface area contributed by atoms with Gasteiger partial charge >= 0.3 is 6.18 Å². The van der Waals surface area contributed by atoms with Gasteiger partial charge in [0.1, 0.15) is 5.75 Å². The summed E-state index contributed by atoms with van der Waals surface area (Å²) < 4.78 is 49.6. The molecule has 1 unspecified atom stereocenters. The first-order valence-electron chi connectivity index (χ1n) is 7.95. The first kappa shape index (κ1) is 18.6. The Morgan fingerprint density at radius 2 is 1.96 bits per heavy atom. The minimum Gasteiger partial charge on any atom is -0.480 e. The van der Waals surface area contributed by atoms with Crippen LogP contribution in [-0.4, -0.2) is 24.5 Å². The fourth-order valence-electron chi connectivity index (χ4n) is 2.50. The molecule has 1 aliphatic rings. The van der Waals surface area contributed by atoms with E-state index in [9.17, 15) is 22.8 Å². The summed E-state index contributed by atoms with van der Waals surface area (Å²) in [6.07, 6.45) is -5.81. The predicted molar refractivity (Wildman–Crippen MR) is 90.7 cm³/mol. The van der Waals surface area contributed by atoms with Crippen LogP contribution in [0.3, 0.4) is 0 Å². The van der Waals surface area contributed by atoms with Crippen LogP contribution < -0.4 is 20.1 Å². The van der Waals surface area contributed by atoms with Crippen LogP contribution in [0.2, 0.25) is 0 Å². The number of ether oxygens (including phenoxy) is 2. The normalized spacial score (nSPS) is 14.4. The number of halogens is 3. The van der Waals surface area contributed by atoms with Crippen LogP contribution in [0.1, 0.15) is 12.5 Å². The van der Waals surface area contributed by atoms with Gasteiger partial charge in [0.2, 0.25) is 0 Å². The van der Waals surface area contributed by atoms with Crippen molar-refractivity contribution in [2.24, 2.45) is 0 Å². The van der Waals surface area contributed by atoms with Crippen LogP contribution in [0.4, 0.5) is 24.5 Å². The molecule has 2 N–H and O–H groups in total. The third-order valence-electron chi connectivity index (χ3n) is 3.76. The molecule has 0 fully saturated rings. The lowest BCUT2D eigenvalue weighted by molar-refractivity contribution is -0.140. The fraction of sp³-hybridized carbons (Fsp3) is 0.222. The number of nitrogens with one attached hydrogen (secondary N) is 2. The van der Waals surface area contributed by atoms with Gasteiger partial charge in [-0.05, 0) is 31.2 Å². The summed E-state index contributed by atoms with van der Waals surface area (Å²) in [6, 6.07) is 9.39. The van der Waals surface area contributed by atoms with Crippen molar-refractivity contribution in [1.29, 1.82) is 0 Å². The van der Waals surface area contributed by atoms with E-state index in [1.807, 2.05) is 0 Å². The minimum absolute atomic E-state index is 0.203. The highest BCUT2D eigenvalue weighted by molar-refractivity contribution is 6.00. The lowest BCUT2D eigenvalue weighted by Crippen LogP contribution is -2.32. The van der Waals surface area contributed by atoms with Gasteiger partial charge in [0, 0.05) is 0 Å². The van der Waals surface area contributed by atoms with E-state index in [0.29, 0.717) is 5.69 Å². The molecule has 0 saturated heterocycles. The second kappa shape index (κ2) is 7.18. The van der Waals surface area contributed by atoms with Gasteiger partial charge in [0.15, 0.2) is 18.5 Å². The van der Waals surface area contributed by atoms with Gasteiger partial charge < -0.3 is 20.1 Å². The number of anilines is 2. The fourth-order valence-corrected chi connectivity index (χ4v) is 2.50. The number of hydrogen-bond acceptors (Lipinski definition) is 4. The molecule has 0 radical (unpaired) electrons. The van der Waals surface area contributed by atoms with E-state index >= 15 is 0 Å². The van der Waals surface area contributed by atoms with Crippen molar-refractivity contribution in [3.63, 3.8) is 0 Å². The highest BCUT2D eigenvalue weighted by atomic mass is 19.4. The Morgan fingerprint density at radius 3 is 2.70 bits per heavy atom. The molecule has 1 aliphatic heterocycles. The van der Waals surface area contributed by atoms with Gasteiger partial charge in [0.25, 0.3) is 11.8 Å². The Kier molecular flexibility index (Phi) is 4.93. The molecular weight excluding hydrogens is 365 g/mol. The maximum absolute atomic E-state index is 13.0. The summed E-state index contributed by atoms with van der Waals surface area (Å²) in [5, 5.41) is 5.14. The summed E-state index contributed by atoms with van der Waals surface area (Å²) in [5.41, 5.74) is -0.301. The summed E-state index contributed by atoms with van der Waals surface area (Å²) in [4.78, 5) is 23.7. The number of amides is 2. The van der Waals surface area contributed by atoms with Crippen LogP contribution in [0.5, 0.6) is 11.5 Å². The van der Waals surface area contributed by atoms with Crippen molar-refractivity contribution in [2.75, 3.05) is 17.2 Å². The maximum Gasteiger partial charge on any atom is 0.419 e. The second-order valence-electron chi connectivity index (χ2n) is 5.76. The summed E-state index contributed by atoms with van der Waals surface area (Å²) in [5.74, 6) is -1.16. The first-order chi connectivity index (χ1) is 12.8.